The Labute approximate surface area is 125 Å². The second-order valence-corrected chi connectivity index (χ2v) is 5.64. The van der Waals surface area contributed by atoms with E-state index in [2.05, 4.69) is 5.32 Å². The molecule has 0 saturated heterocycles. The third-order valence-corrected chi connectivity index (χ3v) is 4.05. The van der Waals surface area contributed by atoms with Gasteiger partial charge in [-0.05, 0) is 37.5 Å². The number of nitrogens with one attached hydrogen (secondary N) is 1. The number of hydrogen-bond donors (Lipinski definition) is 2. The zero-order valence-electron chi connectivity index (χ0n) is 12.4. The molecule has 4 nitrogen and oxygen atoms in total. The minimum absolute atomic E-state index is 0.0444. The molecule has 1 aromatic carbocycles. The highest BCUT2D eigenvalue weighted by atomic mass is 19.1. The Morgan fingerprint density at radius 2 is 2.14 bits per heavy atom. The van der Waals surface area contributed by atoms with Crippen molar-refractivity contribution in [2.24, 2.45) is 0 Å². The number of hydrogen-bond acceptors (Lipinski definition) is 3. The number of halogens is 1. The molecule has 0 unspecified atom stereocenters. The van der Waals surface area contributed by atoms with Crippen molar-refractivity contribution >= 4 is 11.6 Å². The lowest BCUT2D eigenvalue weighted by Gasteiger charge is -2.27. The lowest BCUT2D eigenvalue weighted by molar-refractivity contribution is -0.118. The van der Waals surface area contributed by atoms with E-state index >= 15 is 0 Å². The number of carbonyl (C=O) groups is 1. The van der Waals surface area contributed by atoms with Gasteiger partial charge in [0.15, 0.2) is 0 Å². The lowest BCUT2D eigenvalue weighted by Crippen LogP contribution is -2.41. The molecule has 0 bridgehead atoms. The van der Waals surface area contributed by atoms with Crippen molar-refractivity contribution in [3.8, 4) is 0 Å². The predicted molar refractivity (Wildman–Crippen MR) is 80.7 cm³/mol. The maximum absolute atomic E-state index is 13.2. The van der Waals surface area contributed by atoms with Crippen LogP contribution in [0.25, 0.3) is 0 Å². The third-order valence-electron chi connectivity index (χ3n) is 4.05. The zero-order chi connectivity index (χ0) is 15.2. The highest BCUT2D eigenvalue weighted by Crippen LogP contribution is 2.23. The molecule has 0 aromatic heterocycles. The van der Waals surface area contributed by atoms with Crippen LogP contribution in [0.3, 0.4) is 0 Å². The van der Waals surface area contributed by atoms with Crippen LogP contribution >= 0.6 is 0 Å². The van der Waals surface area contributed by atoms with Crippen molar-refractivity contribution in [2.75, 3.05) is 25.0 Å². The summed E-state index contributed by atoms with van der Waals surface area (Å²) < 4.78 is 13.2. The molecule has 116 valence electrons. The molecule has 0 radical (unpaired) electrons. The molecule has 0 heterocycles. The number of aryl methyl sites for hydroxylation is 1. The average Bonchev–Trinajstić information content (AvgIpc) is 2.96. The fourth-order valence-corrected chi connectivity index (χ4v) is 2.89. The summed E-state index contributed by atoms with van der Waals surface area (Å²) in [7, 11) is 0. The summed E-state index contributed by atoms with van der Waals surface area (Å²) in [5.41, 5.74) is 1.34. The Bertz CT molecular complexity index is 487. The normalized spacial score (nSPS) is 15.6. The SMILES string of the molecule is Cc1ccc(F)cc1NC(=O)CN(CCO)C1CCCC1. The maximum atomic E-state index is 13.2. The van der Waals surface area contributed by atoms with Gasteiger partial charge >= 0.3 is 0 Å². The van der Waals surface area contributed by atoms with Gasteiger partial charge in [0.25, 0.3) is 0 Å². The molecule has 1 aromatic rings. The maximum Gasteiger partial charge on any atom is 0.238 e. The van der Waals surface area contributed by atoms with Crippen LogP contribution in [0.1, 0.15) is 31.2 Å². The molecular formula is C16H23FN2O2. The summed E-state index contributed by atoms with van der Waals surface area (Å²) in [6, 6.07) is 4.73. The van der Waals surface area contributed by atoms with Crippen molar-refractivity contribution in [3.63, 3.8) is 0 Å². The van der Waals surface area contributed by atoms with E-state index in [1.54, 1.807) is 6.07 Å². The van der Waals surface area contributed by atoms with Crippen LogP contribution in [-0.4, -0.2) is 41.7 Å². The smallest absolute Gasteiger partial charge is 0.238 e. The Kier molecular flexibility index (Phi) is 5.70. The van der Waals surface area contributed by atoms with E-state index in [1.807, 2.05) is 11.8 Å². The highest BCUT2D eigenvalue weighted by Gasteiger charge is 2.24. The number of carbonyl (C=O) groups excluding carboxylic acids is 1. The molecule has 1 aliphatic carbocycles. The van der Waals surface area contributed by atoms with E-state index in [0.717, 1.165) is 18.4 Å². The van der Waals surface area contributed by atoms with Gasteiger partial charge in [-0.1, -0.05) is 18.9 Å². The largest absolute Gasteiger partial charge is 0.395 e. The van der Waals surface area contributed by atoms with Crippen LogP contribution in [-0.2, 0) is 4.79 Å². The standard InChI is InChI=1S/C16H23FN2O2/c1-12-6-7-13(17)10-15(12)18-16(21)11-19(8-9-20)14-4-2-3-5-14/h6-7,10,14,20H,2-5,8-9,11H2,1H3,(H,18,21). The van der Waals surface area contributed by atoms with E-state index in [0.29, 0.717) is 18.3 Å². The third kappa shape index (κ3) is 4.51. The summed E-state index contributed by atoms with van der Waals surface area (Å²) in [5, 5.41) is 11.9. The van der Waals surface area contributed by atoms with Gasteiger partial charge in [-0.3, -0.25) is 9.69 Å². The fraction of sp³-hybridized carbons (Fsp3) is 0.562. The second kappa shape index (κ2) is 7.52. The Balaban J connectivity index is 1.96. The van der Waals surface area contributed by atoms with Crippen molar-refractivity contribution in [2.45, 2.75) is 38.6 Å². The first-order chi connectivity index (χ1) is 10.1. The molecular weight excluding hydrogens is 271 g/mol. The van der Waals surface area contributed by atoms with Gasteiger partial charge in [0.2, 0.25) is 5.91 Å². The van der Waals surface area contributed by atoms with Gasteiger partial charge in [-0.15, -0.1) is 0 Å². The Morgan fingerprint density at radius 3 is 2.81 bits per heavy atom. The zero-order valence-corrected chi connectivity index (χ0v) is 12.4. The van der Waals surface area contributed by atoms with Crippen molar-refractivity contribution in [1.82, 2.24) is 4.90 Å². The molecule has 0 atom stereocenters. The van der Waals surface area contributed by atoms with Crippen molar-refractivity contribution < 1.29 is 14.3 Å². The number of aliphatic hydroxyl groups is 1. The monoisotopic (exact) mass is 294 g/mol. The summed E-state index contributed by atoms with van der Waals surface area (Å²) in [5.74, 6) is -0.525. The van der Waals surface area contributed by atoms with Crippen LogP contribution in [0, 0.1) is 12.7 Å². The predicted octanol–water partition coefficient (Wildman–Crippen LogP) is 2.31. The summed E-state index contributed by atoms with van der Waals surface area (Å²) >= 11 is 0. The van der Waals surface area contributed by atoms with Gasteiger partial charge in [-0.2, -0.15) is 0 Å². The molecule has 1 saturated carbocycles. The van der Waals surface area contributed by atoms with E-state index in [-0.39, 0.29) is 24.9 Å². The first-order valence-electron chi connectivity index (χ1n) is 7.51. The number of benzene rings is 1. The summed E-state index contributed by atoms with van der Waals surface area (Å²) in [4.78, 5) is 14.2. The number of amides is 1. The van der Waals surface area contributed by atoms with E-state index in [9.17, 15) is 9.18 Å². The van der Waals surface area contributed by atoms with Crippen LogP contribution in [0.15, 0.2) is 18.2 Å². The second-order valence-electron chi connectivity index (χ2n) is 5.64. The topological polar surface area (TPSA) is 52.6 Å². The number of nitrogens with zero attached hydrogens (tertiary/aromatic N) is 1. The molecule has 1 aliphatic rings. The average molecular weight is 294 g/mol. The van der Waals surface area contributed by atoms with Gasteiger partial charge in [-0.25, -0.2) is 4.39 Å². The molecule has 21 heavy (non-hydrogen) atoms. The number of rotatable bonds is 6. The van der Waals surface area contributed by atoms with Gasteiger partial charge < -0.3 is 10.4 Å². The number of aliphatic hydroxyl groups excluding tert-OH is 1. The lowest BCUT2D eigenvalue weighted by atomic mass is 10.2. The van der Waals surface area contributed by atoms with Crippen LogP contribution in [0.4, 0.5) is 10.1 Å². The summed E-state index contributed by atoms with van der Waals surface area (Å²) in [6.07, 6.45) is 4.51. The van der Waals surface area contributed by atoms with Gasteiger partial charge in [0.1, 0.15) is 5.82 Å². The van der Waals surface area contributed by atoms with E-state index in [4.69, 9.17) is 5.11 Å². The highest BCUT2D eigenvalue weighted by molar-refractivity contribution is 5.93. The quantitative estimate of drug-likeness (QED) is 0.846. The molecule has 1 fully saturated rings. The van der Waals surface area contributed by atoms with Gasteiger partial charge in [0, 0.05) is 18.3 Å². The minimum Gasteiger partial charge on any atom is -0.395 e. The molecule has 2 N–H and O–H groups in total. The Morgan fingerprint density at radius 1 is 1.43 bits per heavy atom. The molecule has 0 spiro atoms. The van der Waals surface area contributed by atoms with Crippen molar-refractivity contribution in [1.29, 1.82) is 0 Å². The van der Waals surface area contributed by atoms with Crippen LogP contribution in [0.2, 0.25) is 0 Å². The summed E-state index contributed by atoms with van der Waals surface area (Å²) in [6.45, 7) is 2.61. The van der Waals surface area contributed by atoms with Crippen molar-refractivity contribution in [3.05, 3.63) is 29.6 Å². The van der Waals surface area contributed by atoms with Gasteiger partial charge in [0.05, 0.1) is 13.2 Å². The van der Waals surface area contributed by atoms with Crippen LogP contribution in [0.5, 0.6) is 0 Å². The first-order valence-corrected chi connectivity index (χ1v) is 7.51. The molecule has 5 heteroatoms. The molecule has 2 rings (SSSR count). The van der Waals surface area contributed by atoms with Crippen LogP contribution < -0.4 is 5.32 Å². The molecule has 1 amide bonds. The minimum atomic E-state index is -0.362. The fourth-order valence-electron chi connectivity index (χ4n) is 2.89. The molecule has 0 aliphatic heterocycles. The van der Waals surface area contributed by atoms with E-state index < -0.39 is 0 Å². The van der Waals surface area contributed by atoms with E-state index in [1.165, 1.54) is 25.0 Å². The number of anilines is 1. The first kappa shape index (κ1) is 15.9. The Hall–Kier alpha value is -1.46.